The number of terminal acetylenes is 1. The average Bonchev–Trinajstić information content (AvgIpc) is 2.82. The summed E-state index contributed by atoms with van der Waals surface area (Å²) in [5, 5.41) is 12.7. The second-order valence-electron chi connectivity index (χ2n) is 3.76. The van der Waals surface area contributed by atoms with Gasteiger partial charge in [0.15, 0.2) is 0 Å². The highest BCUT2D eigenvalue weighted by Gasteiger charge is 2.04. The number of aliphatic hydroxyl groups excluding tert-OH is 1. The molecule has 0 fully saturated rings. The van der Waals surface area contributed by atoms with E-state index in [4.69, 9.17) is 15.6 Å². The van der Waals surface area contributed by atoms with Gasteiger partial charge < -0.3 is 19.6 Å². The number of nitrogens with one attached hydrogen (secondary N) is 1. The van der Waals surface area contributed by atoms with Gasteiger partial charge in [0.1, 0.15) is 12.4 Å². The summed E-state index contributed by atoms with van der Waals surface area (Å²) < 4.78 is 10.4. The van der Waals surface area contributed by atoms with E-state index in [9.17, 15) is 5.11 Å². The van der Waals surface area contributed by atoms with Crippen LogP contribution >= 0.6 is 0 Å². The summed E-state index contributed by atoms with van der Waals surface area (Å²) in [6.07, 6.45) is 7.91. The smallest absolute Gasteiger partial charge is 0.129 e. The molecule has 2 N–H and O–H groups in total. The second-order valence-corrected chi connectivity index (χ2v) is 3.76. The number of unbranched alkanes of at least 4 members (excludes halogenated alkanes) is 1. The van der Waals surface area contributed by atoms with Crippen LogP contribution in [0.2, 0.25) is 0 Å². The van der Waals surface area contributed by atoms with Crippen molar-refractivity contribution in [1.29, 1.82) is 0 Å². The molecule has 0 saturated heterocycles. The fourth-order valence-corrected chi connectivity index (χ4v) is 1.33. The van der Waals surface area contributed by atoms with Gasteiger partial charge in [0.25, 0.3) is 0 Å². The maximum absolute atomic E-state index is 9.58. The standard InChI is InChI=1S/C13H19NO3/c1-2-3-4-7-14-9-12(15)10-16-11-13-6-5-8-17-13/h1,5-6,8,12,14-15H,3-4,7,9-11H2. The lowest BCUT2D eigenvalue weighted by atomic mass is 10.3. The minimum absolute atomic E-state index is 0.294. The fourth-order valence-electron chi connectivity index (χ4n) is 1.33. The Morgan fingerprint density at radius 1 is 1.59 bits per heavy atom. The van der Waals surface area contributed by atoms with Gasteiger partial charge in [-0.05, 0) is 25.1 Å². The lowest BCUT2D eigenvalue weighted by molar-refractivity contribution is 0.0228. The summed E-state index contributed by atoms with van der Waals surface area (Å²) in [6.45, 7) is 2.02. The molecule has 1 heterocycles. The predicted octanol–water partition coefficient (Wildman–Crippen LogP) is 1.16. The van der Waals surface area contributed by atoms with Crippen molar-refractivity contribution in [2.45, 2.75) is 25.6 Å². The summed E-state index contributed by atoms with van der Waals surface area (Å²) in [5.41, 5.74) is 0. The van der Waals surface area contributed by atoms with Gasteiger partial charge in [-0.15, -0.1) is 12.3 Å². The number of ether oxygens (including phenoxy) is 1. The van der Waals surface area contributed by atoms with Crippen LogP contribution in [0.15, 0.2) is 22.8 Å². The van der Waals surface area contributed by atoms with Crippen molar-refractivity contribution in [3.8, 4) is 12.3 Å². The Balaban J connectivity index is 1.94. The maximum Gasteiger partial charge on any atom is 0.129 e. The molecule has 4 heteroatoms. The van der Waals surface area contributed by atoms with Gasteiger partial charge in [0.05, 0.1) is 19.0 Å². The van der Waals surface area contributed by atoms with Gasteiger partial charge in [-0.25, -0.2) is 0 Å². The molecule has 1 unspecified atom stereocenters. The lowest BCUT2D eigenvalue weighted by Gasteiger charge is -2.11. The molecule has 0 radical (unpaired) electrons. The van der Waals surface area contributed by atoms with E-state index in [0.717, 1.165) is 25.1 Å². The van der Waals surface area contributed by atoms with E-state index in [1.165, 1.54) is 0 Å². The van der Waals surface area contributed by atoms with Gasteiger partial charge in [-0.3, -0.25) is 0 Å². The lowest BCUT2D eigenvalue weighted by Crippen LogP contribution is -2.30. The summed E-state index contributed by atoms with van der Waals surface area (Å²) >= 11 is 0. The number of hydrogen-bond donors (Lipinski definition) is 2. The van der Waals surface area contributed by atoms with Gasteiger partial charge in [-0.2, -0.15) is 0 Å². The van der Waals surface area contributed by atoms with Crippen molar-refractivity contribution in [3.05, 3.63) is 24.2 Å². The minimum Gasteiger partial charge on any atom is -0.467 e. The molecule has 94 valence electrons. The Labute approximate surface area is 102 Å². The van der Waals surface area contributed by atoms with Crippen molar-refractivity contribution in [2.75, 3.05) is 19.7 Å². The van der Waals surface area contributed by atoms with Gasteiger partial charge >= 0.3 is 0 Å². The highest BCUT2D eigenvalue weighted by atomic mass is 16.5. The van der Waals surface area contributed by atoms with Crippen molar-refractivity contribution < 1.29 is 14.3 Å². The third-order valence-electron chi connectivity index (χ3n) is 2.19. The molecule has 4 nitrogen and oxygen atoms in total. The van der Waals surface area contributed by atoms with E-state index < -0.39 is 6.10 Å². The third kappa shape index (κ3) is 6.80. The molecular formula is C13H19NO3. The Morgan fingerprint density at radius 3 is 3.18 bits per heavy atom. The Morgan fingerprint density at radius 2 is 2.47 bits per heavy atom. The molecule has 17 heavy (non-hydrogen) atoms. The van der Waals surface area contributed by atoms with Crippen LogP contribution < -0.4 is 5.32 Å². The predicted molar refractivity (Wildman–Crippen MR) is 65.3 cm³/mol. The van der Waals surface area contributed by atoms with Crippen molar-refractivity contribution in [1.82, 2.24) is 5.32 Å². The largest absolute Gasteiger partial charge is 0.467 e. The SMILES string of the molecule is C#CCCCNCC(O)COCc1ccco1. The minimum atomic E-state index is -0.504. The quantitative estimate of drug-likeness (QED) is 0.500. The third-order valence-corrected chi connectivity index (χ3v) is 2.19. The molecule has 0 aromatic carbocycles. The summed E-state index contributed by atoms with van der Waals surface area (Å²) in [6, 6.07) is 3.65. The van der Waals surface area contributed by atoms with Crippen LogP contribution in [0.5, 0.6) is 0 Å². The molecule has 0 amide bonds. The molecule has 0 aliphatic carbocycles. The maximum atomic E-state index is 9.58. The Hall–Kier alpha value is -1.28. The van der Waals surface area contributed by atoms with E-state index in [1.54, 1.807) is 6.26 Å². The van der Waals surface area contributed by atoms with E-state index in [1.807, 2.05) is 12.1 Å². The first-order valence-corrected chi connectivity index (χ1v) is 5.75. The highest BCUT2D eigenvalue weighted by Crippen LogP contribution is 2.01. The highest BCUT2D eigenvalue weighted by molar-refractivity contribution is 4.96. The van der Waals surface area contributed by atoms with E-state index >= 15 is 0 Å². The number of aliphatic hydroxyl groups is 1. The van der Waals surface area contributed by atoms with Gasteiger partial charge in [0, 0.05) is 13.0 Å². The summed E-state index contributed by atoms with van der Waals surface area (Å²) in [5.74, 6) is 3.33. The second kappa shape index (κ2) is 8.82. The number of rotatable bonds is 9. The van der Waals surface area contributed by atoms with Crippen LogP contribution in [0.3, 0.4) is 0 Å². The molecular weight excluding hydrogens is 218 g/mol. The van der Waals surface area contributed by atoms with E-state index in [-0.39, 0.29) is 0 Å². The first-order chi connectivity index (χ1) is 8.33. The topological polar surface area (TPSA) is 54.6 Å². The monoisotopic (exact) mass is 237 g/mol. The number of hydrogen-bond acceptors (Lipinski definition) is 4. The zero-order valence-electron chi connectivity index (χ0n) is 9.89. The Bertz CT molecular complexity index is 316. The summed E-state index contributed by atoms with van der Waals surface area (Å²) in [7, 11) is 0. The van der Waals surface area contributed by atoms with E-state index in [2.05, 4.69) is 11.2 Å². The van der Waals surface area contributed by atoms with Crippen molar-refractivity contribution in [3.63, 3.8) is 0 Å². The molecule has 1 rings (SSSR count). The normalized spacial score (nSPS) is 12.2. The fraction of sp³-hybridized carbons (Fsp3) is 0.538. The van der Waals surface area contributed by atoms with Crippen molar-refractivity contribution >= 4 is 0 Å². The average molecular weight is 237 g/mol. The first kappa shape index (κ1) is 13.8. The zero-order valence-corrected chi connectivity index (χ0v) is 9.89. The van der Waals surface area contributed by atoms with Crippen LogP contribution in [-0.2, 0) is 11.3 Å². The van der Waals surface area contributed by atoms with Crippen molar-refractivity contribution in [2.24, 2.45) is 0 Å². The van der Waals surface area contributed by atoms with Crippen LogP contribution in [0.4, 0.5) is 0 Å². The molecule has 1 atom stereocenters. The molecule has 1 aromatic rings. The van der Waals surface area contributed by atoms with Crippen LogP contribution in [0.1, 0.15) is 18.6 Å². The first-order valence-electron chi connectivity index (χ1n) is 5.75. The molecule has 0 bridgehead atoms. The molecule has 0 aliphatic heterocycles. The molecule has 0 saturated carbocycles. The summed E-state index contributed by atoms with van der Waals surface area (Å²) in [4.78, 5) is 0. The van der Waals surface area contributed by atoms with Crippen LogP contribution in [-0.4, -0.2) is 30.9 Å². The van der Waals surface area contributed by atoms with Crippen LogP contribution in [0, 0.1) is 12.3 Å². The zero-order chi connectivity index (χ0) is 12.3. The number of furan rings is 1. The molecule has 1 aromatic heterocycles. The Kier molecular flexibility index (Phi) is 7.15. The molecule has 0 spiro atoms. The van der Waals surface area contributed by atoms with Crippen LogP contribution in [0.25, 0.3) is 0 Å². The van der Waals surface area contributed by atoms with Gasteiger partial charge in [0.2, 0.25) is 0 Å². The molecule has 0 aliphatic rings. The van der Waals surface area contributed by atoms with E-state index in [0.29, 0.717) is 19.8 Å². The van der Waals surface area contributed by atoms with Gasteiger partial charge in [-0.1, -0.05) is 0 Å².